The van der Waals surface area contributed by atoms with E-state index in [4.69, 9.17) is 9.47 Å². The molecule has 0 saturated carbocycles. The second kappa shape index (κ2) is 5.06. The van der Waals surface area contributed by atoms with Crippen LogP contribution in [0.4, 0.5) is 0 Å². The maximum atomic E-state index is 5.28. The number of nitrogens with zero attached hydrogens (tertiary/aromatic N) is 1. The molecule has 0 atom stereocenters. The topological polar surface area (TPSA) is 31.4 Å². The zero-order valence-electron chi connectivity index (χ0n) is 9.78. The SMILES string of the molecule is COc1ccc(-c2nc(Br)c(C)s2)cc1OC. The molecule has 0 spiro atoms. The molecule has 3 nitrogen and oxygen atoms in total. The number of halogens is 1. The molecule has 0 saturated heterocycles. The lowest BCUT2D eigenvalue weighted by Gasteiger charge is -2.08. The van der Waals surface area contributed by atoms with E-state index in [2.05, 4.69) is 20.9 Å². The highest BCUT2D eigenvalue weighted by Gasteiger charge is 2.10. The molecule has 2 aromatic rings. The van der Waals surface area contributed by atoms with Crippen LogP contribution in [0.2, 0.25) is 0 Å². The molecule has 90 valence electrons. The van der Waals surface area contributed by atoms with E-state index in [1.54, 1.807) is 25.6 Å². The third-order valence-corrected chi connectivity index (χ3v) is 4.42. The minimum atomic E-state index is 0.717. The van der Waals surface area contributed by atoms with E-state index < -0.39 is 0 Å². The predicted octanol–water partition coefficient (Wildman–Crippen LogP) is 3.90. The molecule has 0 bridgehead atoms. The fourth-order valence-corrected chi connectivity index (χ4v) is 2.81. The fourth-order valence-electron chi connectivity index (χ4n) is 1.47. The molecular weight excluding hydrogens is 302 g/mol. The summed E-state index contributed by atoms with van der Waals surface area (Å²) in [4.78, 5) is 5.61. The summed E-state index contributed by atoms with van der Waals surface area (Å²) in [6, 6.07) is 5.80. The van der Waals surface area contributed by atoms with Crippen LogP contribution in [-0.4, -0.2) is 19.2 Å². The second-order valence-corrected chi connectivity index (χ2v) is 5.39. The fraction of sp³-hybridized carbons (Fsp3) is 0.250. The smallest absolute Gasteiger partial charge is 0.161 e. The molecule has 1 aromatic heterocycles. The summed E-state index contributed by atoms with van der Waals surface area (Å²) in [5.41, 5.74) is 1.03. The Morgan fingerprint density at radius 3 is 2.41 bits per heavy atom. The van der Waals surface area contributed by atoms with Gasteiger partial charge in [0, 0.05) is 10.4 Å². The van der Waals surface area contributed by atoms with Crippen molar-refractivity contribution < 1.29 is 9.47 Å². The van der Waals surface area contributed by atoms with Gasteiger partial charge in [-0.05, 0) is 41.1 Å². The van der Waals surface area contributed by atoms with Crippen LogP contribution in [0.1, 0.15) is 4.88 Å². The number of aryl methyl sites for hydroxylation is 1. The van der Waals surface area contributed by atoms with Gasteiger partial charge < -0.3 is 9.47 Å². The molecule has 1 aromatic carbocycles. The van der Waals surface area contributed by atoms with Crippen molar-refractivity contribution >= 4 is 27.3 Å². The first-order chi connectivity index (χ1) is 8.15. The van der Waals surface area contributed by atoms with Crippen LogP contribution in [0.15, 0.2) is 22.8 Å². The molecule has 2 rings (SSSR count). The Morgan fingerprint density at radius 2 is 1.88 bits per heavy atom. The number of methoxy groups -OCH3 is 2. The summed E-state index contributed by atoms with van der Waals surface area (Å²) in [6.45, 7) is 2.03. The van der Waals surface area contributed by atoms with Crippen LogP contribution >= 0.6 is 27.3 Å². The van der Waals surface area contributed by atoms with Gasteiger partial charge >= 0.3 is 0 Å². The number of ether oxygens (including phenoxy) is 2. The standard InChI is InChI=1S/C12H12BrNO2S/c1-7-11(13)14-12(17-7)8-4-5-9(15-2)10(6-8)16-3/h4-6H,1-3H3. The van der Waals surface area contributed by atoms with E-state index in [9.17, 15) is 0 Å². The second-order valence-electron chi connectivity index (χ2n) is 3.44. The first kappa shape index (κ1) is 12.4. The molecule has 0 aliphatic carbocycles. The molecule has 0 unspecified atom stereocenters. The van der Waals surface area contributed by atoms with Crippen molar-refractivity contribution in [2.75, 3.05) is 14.2 Å². The van der Waals surface area contributed by atoms with Crippen LogP contribution in [-0.2, 0) is 0 Å². The van der Waals surface area contributed by atoms with Crippen LogP contribution in [0, 0.1) is 6.92 Å². The Bertz CT molecular complexity index is 520. The van der Waals surface area contributed by atoms with Crippen molar-refractivity contribution in [3.8, 4) is 22.1 Å². The molecule has 1 heterocycles. The first-order valence-electron chi connectivity index (χ1n) is 5.01. The summed E-state index contributed by atoms with van der Waals surface area (Å²) in [6.07, 6.45) is 0. The summed E-state index contributed by atoms with van der Waals surface area (Å²) in [5.74, 6) is 1.44. The van der Waals surface area contributed by atoms with Crippen molar-refractivity contribution in [3.05, 3.63) is 27.7 Å². The number of hydrogen-bond acceptors (Lipinski definition) is 4. The van der Waals surface area contributed by atoms with Crippen LogP contribution in [0.3, 0.4) is 0 Å². The van der Waals surface area contributed by atoms with Crippen LogP contribution in [0.5, 0.6) is 11.5 Å². The van der Waals surface area contributed by atoms with Gasteiger partial charge in [-0.1, -0.05) is 0 Å². The third-order valence-electron chi connectivity index (χ3n) is 2.37. The van der Waals surface area contributed by atoms with Gasteiger partial charge in [0.2, 0.25) is 0 Å². The van der Waals surface area contributed by atoms with E-state index in [-0.39, 0.29) is 0 Å². The lowest BCUT2D eigenvalue weighted by Crippen LogP contribution is -1.90. The van der Waals surface area contributed by atoms with Gasteiger partial charge in [0.05, 0.1) is 14.2 Å². The number of rotatable bonds is 3. The average molecular weight is 314 g/mol. The summed E-state index contributed by atoms with van der Waals surface area (Å²) < 4.78 is 11.4. The van der Waals surface area contributed by atoms with E-state index in [1.165, 1.54) is 0 Å². The molecule has 5 heteroatoms. The van der Waals surface area contributed by atoms with Crippen LogP contribution < -0.4 is 9.47 Å². The Kier molecular flexibility index (Phi) is 3.69. The highest BCUT2D eigenvalue weighted by atomic mass is 79.9. The zero-order chi connectivity index (χ0) is 12.4. The third kappa shape index (κ3) is 2.45. The Labute approximate surface area is 113 Å². The van der Waals surface area contributed by atoms with Gasteiger partial charge in [0.25, 0.3) is 0 Å². The van der Waals surface area contributed by atoms with Crippen molar-refractivity contribution in [3.63, 3.8) is 0 Å². The van der Waals surface area contributed by atoms with Crippen molar-refractivity contribution in [2.45, 2.75) is 6.92 Å². The molecule has 0 aliphatic rings. The van der Waals surface area contributed by atoms with Gasteiger partial charge in [0.15, 0.2) is 11.5 Å². The Hall–Kier alpha value is -1.07. The minimum absolute atomic E-state index is 0.717. The number of thiazole rings is 1. The quantitative estimate of drug-likeness (QED) is 0.861. The Balaban J connectivity index is 2.46. The van der Waals surface area contributed by atoms with Gasteiger partial charge in [-0.3, -0.25) is 0 Å². The van der Waals surface area contributed by atoms with E-state index in [0.717, 1.165) is 25.8 Å². The van der Waals surface area contributed by atoms with Gasteiger partial charge in [-0.25, -0.2) is 4.98 Å². The van der Waals surface area contributed by atoms with Gasteiger partial charge in [-0.2, -0.15) is 0 Å². The number of hydrogen-bond donors (Lipinski definition) is 0. The lowest BCUT2D eigenvalue weighted by atomic mass is 10.2. The average Bonchev–Trinajstić information content (AvgIpc) is 2.68. The number of aromatic nitrogens is 1. The molecule has 0 amide bonds. The molecular formula is C12H12BrNO2S. The Morgan fingerprint density at radius 1 is 1.18 bits per heavy atom. The largest absolute Gasteiger partial charge is 0.493 e. The first-order valence-corrected chi connectivity index (χ1v) is 6.62. The maximum Gasteiger partial charge on any atom is 0.161 e. The lowest BCUT2D eigenvalue weighted by molar-refractivity contribution is 0.355. The monoisotopic (exact) mass is 313 g/mol. The maximum absolute atomic E-state index is 5.28. The molecule has 0 radical (unpaired) electrons. The van der Waals surface area contributed by atoms with Crippen molar-refractivity contribution in [2.24, 2.45) is 0 Å². The van der Waals surface area contributed by atoms with Crippen LogP contribution in [0.25, 0.3) is 10.6 Å². The van der Waals surface area contributed by atoms with E-state index >= 15 is 0 Å². The molecule has 0 aliphatic heterocycles. The molecule has 0 fully saturated rings. The highest BCUT2D eigenvalue weighted by molar-refractivity contribution is 9.10. The predicted molar refractivity (Wildman–Crippen MR) is 73.1 cm³/mol. The normalized spacial score (nSPS) is 10.4. The minimum Gasteiger partial charge on any atom is -0.493 e. The summed E-state index contributed by atoms with van der Waals surface area (Å²) >= 11 is 5.07. The summed E-state index contributed by atoms with van der Waals surface area (Å²) in [7, 11) is 3.26. The van der Waals surface area contributed by atoms with Gasteiger partial charge in [0.1, 0.15) is 9.61 Å². The van der Waals surface area contributed by atoms with Crippen molar-refractivity contribution in [1.82, 2.24) is 4.98 Å². The van der Waals surface area contributed by atoms with E-state index in [0.29, 0.717) is 5.75 Å². The van der Waals surface area contributed by atoms with Gasteiger partial charge in [-0.15, -0.1) is 11.3 Å². The molecule has 17 heavy (non-hydrogen) atoms. The zero-order valence-corrected chi connectivity index (χ0v) is 12.2. The highest BCUT2D eigenvalue weighted by Crippen LogP contribution is 2.35. The van der Waals surface area contributed by atoms with E-state index in [1.807, 2.05) is 25.1 Å². The number of benzene rings is 1. The summed E-state index contributed by atoms with van der Waals surface area (Å²) in [5, 5.41) is 0.968. The van der Waals surface area contributed by atoms with Crippen molar-refractivity contribution in [1.29, 1.82) is 0 Å². The molecule has 0 N–H and O–H groups in total.